The molecule has 0 spiro atoms. The van der Waals surface area contributed by atoms with Crippen LogP contribution in [0.15, 0.2) is 90.6 Å². The summed E-state index contributed by atoms with van der Waals surface area (Å²) < 4.78 is 11.3. The van der Waals surface area contributed by atoms with Gasteiger partial charge in [0.05, 0.1) is 22.4 Å². The maximum absolute atomic E-state index is 6.82. The number of fused-ring (bicyclic) bond motifs is 3. The van der Waals surface area contributed by atoms with Crippen LogP contribution in [0.4, 0.5) is 0 Å². The fourth-order valence-corrected chi connectivity index (χ4v) is 8.83. The van der Waals surface area contributed by atoms with Crippen molar-refractivity contribution in [1.82, 2.24) is 19.3 Å². The average Bonchev–Trinajstić information content (AvgIpc) is 3.59. The van der Waals surface area contributed by atoms with E-state index < -0.39 is 0 Å². The quantitative estimate of drug-likeness (QED) is 0.155. The Hall–Kier alpha value is -4.64. The topological polar surface area (TPSA) is 44.9 Å². The molecule has 0 saturated heterocycles. The van der Waals surface area contributed by atoms with Crippen LogP contribution >= 0.6 is 0 Å². The van der Waals surface area contributed by atoms with Gasteiger partial charge in [0.25, 0.3) is 0 Å². The summed E-state index contributed by atoms with van der Waals surface area (Å²) in [6.45, 7) is 27.9. The van der Waals surface area contributed by atoms with Crippen molar-refractivity contribution in [3.63, 3.8) is 0 Å². The van der Waals surface area contributed by atoms with Crippen molar-refractivity contribution in [2.24, 2.45) is 22.7 Å². The molecule has 276 valence electrons. The normalized spacial score (nSPS) is 18.3. The molecule has 3 atom stereocenters. The molecule has 3 aromatic heterocycles. The molecule has 0 N–H and O–H groups in total. The first-order valence-corrected chi connectivity index (χ1v) is 19.6. The van der Waals surface area contributed by atoms with Crippen LogP contribution in [0, 0.1) is 36.5 Å². The summed E-state index contributed by atoms with van der Waals surface area (Å²) in [5, 5.41) is 7.68. The van der Waals surface area contributed by atoms with Crippen molar-refractivity contribution in [2.75, 3.05) is 0 Å². The molecule has 1 aliphatic rings. The maximum atomic E-state index is 6.82. The number of aromatic nitrogens is 4. The Bertz CT molecular complexity index is 2340. The third-order valence-corrected chi connectivity index (χ3v) is 11.6. The number of aryl methyl sites for hydroxylation is 2. The molecule has 5 heteroatoms. The van der Waals surface area contributed by atoms with Gasteiger partial charge in [-0.1, -0.05) is 99.1 Å². The minimum absolute atomic E-state index is 0.0596. The highest BCUT2D eigenvalue weighted by Crippen LogP contribution is 2.54. The van der Waals surface area contributed by atoms with Crippen LogP contribution in [-0.4, -0.2) is 19.3 Å². The van der Waals surface area contributed by atoms with Crippen molar-refractivity contribution < 1.29 is 4.74 Å². The Kier molecular flexibility index (Phi) is 9.45. The van der Waals surface area contributed by atoms with Crippen LogP contribution in [0.3, 0.4) is 0 Å². The van der Waals surface area contributed by atoms with E-state index in [4.69, 9.17) is 14.8 Å². The predicted octanol–water partition coefficient (Wildman–Crippen LogP) is 13.2. The molecular weight excluding hydrogens is 649 g/mol. The van der Waals surface area contributed by atoms with E-state index in [2.05, 4.69) is 171 Å². The van der Waals surface area contributed by atoms with Gasteiger partial charge in [-0.05, 0) is 109 Å². The van der Waals surface area contributed by atoms with Crippen molar-refractivity contribution in [3.05, 3.63) is 119 Å². The number of rotatable bonds is 7. The van der Waals surface area contributed by atoms with Gasteiger partial charge < -0.3 is 4.74 Å². The number of allylic oxidation sites excluding steroid dienone is 2. The molecule has 53 heavy (non-hydrogen) atoms. The number of hydrogen-bond donors (Lipinski definition) is 0. The predicted molar refractivity (Wildman–Crippen MR) is 222 cm³/mol. The molecule has 0 fully saturated rings. The molecule has 3 aromatic carbocycles. The Morgan fingerprint density at radius 1 is 0.849 bits per heavy atom. The lowest BCUT2D eigenvalue weighted by atomic mass is 9.58. The molecular formula is C48H58N4O. The second-order valence-corrected chi connectivity index (χ2v) is 18.0. The van der Waals surface area contributed by atoms with E-state index in [0.29, 0.717) is 23.7 Å². The molecule has 0 amide bonds. The summed E-state index contributed by atoms with van der Waals surface area (Å²) in [5.41, 5.74) is 11.2. The van der Waals surface area contributed by atoms with Gasteiger partial charge in [0.15, 0.2) is 0 Å². The molecule has 1 aliphatic carbocycles. The number of benzene rings is 3. The lowest BCUT2D eigenvalue weighted by molar-refractivity contribution is 0.162. The van der Waals surface area contributed by atoms with Crippen molar-refractivity contribution >= 4 is 21.8 Å². The molecule has 5 nitrogen and oxygen atoms in total. The van der Waals surface area contributed by atoms with Crippen LogP contribution < -0.4 is 4.74 Å². The highest BCUT2D eigenvalue weighted by molar-refractivity contribution is 6.09. The third kappa shape index (κ3) is 6.84. The minimum Gasteiger partial charge on any atom is -0.457 e. The maximum Gasteiger partial charge on any atom is 0.137 e. The SMILES string of the molecule is CCc1ccnc(-n2c3ccccc3c3ccc(Oc4cc(C(C)C)cc(-n5nc(C)c([C@H]6C(C(C)(C)C)=C[C@H](C)CC6C(C)(C)C)c5C)c4)cc32)c1. The largest absolute Gasteiger partial charge is 0.457 e. The lowest BCUT2D eigenvalue weighted by Crippen LogP contribution is -2.36. The minimum atomic E-state index is 0.0596. The van der Waals surface area contributed by atoms with Crippen LogP contribution in [0.1, 0.15) is 116 Å². The summed E-state index contributed by atoms with van der Waals surface area (Å²) in [6.07, 6.45) is 6.62. The lowest BCUT2D eigenvalue weighted by Gasteiger charge is -2.46. The Labute approximate surface area is 317 Å². The molecule has 0 radical (unpaired) electrons. The first kappa shape index (κ1) is 36.7. The van der Waals surface area contributed by atoms with E-state index in [1.807, 2.05) is 6.20 Å². The Morgan fingerprint density at radius 3 is 2.28 bits per heavy atom. The monoisotopic (exact) mass is 706 g/mol. The van der Waals surface area contributed by atoms with E-state index >= 15 is 0 Å². The highest BCUT2D eigenvalue weighted by Gasteiger charge is 2.44. The number of pyridine rings is 1. The van der Waals surface area contributed by atoms with E-state index in [1.165, 1.54) is 39.6 Å². The summed E-state index contributed by atoms with van der Waals surface area (Å²) in [6, 6.07) is 25.9. The molecule has 0 saturated carbocycles. The van der Waals surface area contributed by atoms with Gasteiger partial charge in [0.2, 0.25) is 0 Å². The average molecular weight is 707 g/mol. The summed E-state index contributed by atoms with van der Waals surface area (Å²) in [5.74, 6) is 4.22. The van der Waals surface area contributed by atoms with Crippen LogP contribution in [0.5, 0.6) is 11.5 Å². The van der Waals surface area contributed by atoms with Gasteiger partial charge in [0.1, 0.15) is 17.3 Å². The molecule has 1 unspecified atom stereocenters. The number of hydrogen-bond acceptors (Lipinski definition) is 3. The Balaban J connectivity index is 1.33. The van der Waals surface area contributed by atoms with Crippen LogP contribution in [-0.2, 0) is 6.42 Å². The second kappa shape index (κ2) is 13.6. The van der Waals surface area contributed by atoms with Gasteiger partial charge in [0, 0.05) is 46.3 Å². The fourth-order valence-electron chi connectivity index (χ4n) is 8.83. The van der Waals surface area contributed by atoms with Crippen molar-refractivity contribution in [3.8, 4) is 23.0 Å². The zero-order valence-corrected chi connectivity index (χ0v) is 34.0. The number of ether oxygens (including phenoxy) is 1. The number of nitrogens with zero attached hydrogens (tertiary/aromatic N) is 4. The third-order valence-electron chi connectivity index (χ3n) is 11.6. The van der Waals surface area contributed by atoms with Gasteiger partial charge in [-0.25, -0.2) is 9.67 Å². The molecule has 6 aromatic rings. The first-order chi connectivity index (χ1) is 25.0. The fraction of sp³-hybridized carbons (Fsp3) is 0.417. The molecule has 3 heterocycles. The summed E-state index contributed by atoms with van der Waals surface area (Å²) in [4.78, 5) is 4.82. The van der Waals surface area contributed by atoms with Crippen molar-refractivity contribution in [1.29, 1.82) is 0 Å². The zero-order valence-electron chi connectivity index (χ0n) is 34.0. The van der Waals surface area contributed by atoms with E-state index in [-0.39, 0.29) is 10.8 Å². The standard InChI is InChI=1S/C48H58N4O/c1-13-33-20-21-49-44(24-33)51-42-17-15-14-16-38(42)39-19-18-36(28-43(39)51)53-37-26-34(29(2)3)25-35(27-37)52-32(6)45(31(5)50-52)46-40(47(7,8)9)22-30(4)23-41(46)48(10,11)12/h14-22,24-30,41,46H,13,23H2,1-12H3/t30-,41?,46-/m0/s1. The summed E-state index contributed by atoms with van der Waals surface area (Å²) >= 11 is 0. The van der Waals surface area contributed by atoms with Crippen LogP contribution in [0.25, 0.3) is 33.3 Å². The van der Waals surface area contributed by atoms with Gasteiger partial charge in [-0.3, -0.25) is 4.57 Å². The number of para-hydroxylation sites is 1. The van der Waals surface area contributed by atoms with E-state index in [9.17, 15) is 0 Å². The smallest absolute Gasteiger partial charge is 0.137 e. The highest BCUT2D eigenvalue weighted by atomic mass is 16.5. The van der Waals surface area contributed by atoms with Gasteiger partial charge >= 0.3 is 0 Å². The zero-order chi connectivity index (χ0) is 38.0. The first-order valence-electron chi connectivity index (χ1n) is 19.6. The molecule has 7 rings (SSSR count). The Morgan fingerprint density at radius 2 is 1.58 bits per heavy atom. The summed E-state index contributed by atoms with van der Waals surface area (Å²) in [7, 11) is 0. The van der Waals surface area contributed by atoms with E-state index in [0.717, 1.165) is 46.2 Å². The van der Waals surface area contributed by atoms with Gasteiger partial charge in [-0.2, -0.15) is 5.10 Å². The molecule has 0 aliphatic heterocycles. The van der Waals surface area contributed by atoms with E-state index in [1.54, 1.807) is 5.57 Å². The van der Waals surface area contributed by atoms with Gasteiger partial charge in [-0.15, -0.1) is 0 Å². The van der Waals surface area contributed by atoms with Crippen molar-refractivity contribution in [2.45, 2.75) is 108 Å². The molecule has 0 bridgehead atoms. The second-order valence-electron chi connectivity index (χ2n) is 18.0. The van der Waals surface area contributed by atoms with Crippen LogP contribution in [0.2, 0.25) is 0 Å².